The van der Waals surface area contributed by atoms with Gasteiger partial charge in [0.1, 0.15) is 5.54 Å². The summed E-state index contributed by atoms with van der Waals surface area (Å²) in [6.45, 7) is 2.22. The van der Waals surface area contributed by atoms with E-state index < -0.39 is 5.54 Å². The summed E-state index contributed by atoms with van der Waals surface area (Å²) in [7, 11) is 0. The van der Waals surface area contributed by atoms with Crippen LogP contribution in [-0.2, 0) is 12.1 Å². The first-order valence-electron chi connectivity index (χ1n) is 7.55. The third-order valence-corrected chi connectivity index (χ3v) is 4.22. The van der Waals surface area contributed by atoms with E-state index in [-0.39, 0.29) is 5.91 Å². The third-order valence-electron chi connectivity index (χ3n) is 4.22. The van der Waals surface area contributed by atoms with E-state index in [9.17, 15) is 4.79 Å². The Balaban J connectivity index is 1.83. The molecule has 6 nitrogen and oxygen atoms in total. The highest BCUT2D eigenvalue weighted by molar-refractivity contribution is 5.94. The number of nitrogens with zero attached hydrogens (tertiary/aromatic N) is 2. The minimum Gasteiger partial charge on any atom is -0.340 e. The van der Waals surface area contributed by atoms with Gasteiger partial charge in [-0.3, -0.25) is 4.79 Å². The van der Waals surface area contributed by atoms with Gasteiger partial charge in [-0.2, -0.15) is 4.98 Å². The van der Waals surface area contributed by atoms with Gasteiger partial charge in [-0.25, -0.2) is 0 Å². The van der Waals surface area contributed by atoms with E-state index in [2.05, 4.69) is 15.5 Å². The summed E-state index contributed by atoms with van der Waals surface area (Å²) >= 11 is 0. The zero-order valence-corrected chi connectivity index (χ0v) is 12.6. The lowest BCUT2D eigenvalue weighted by Gasteiger charge is -2.26. The van der Waals surface area contributed by atoms with Crippen LogP contribution in [0.15, 0.2) is 28.8 Å². The van der Waals surface area contributed by atoms with Gasteiger partial charge < -0.3 is 15.6 Å². The number of rotatable bonds is 4. The average molecular weight is 300 g/mol. The zero-order valence-electron chi connectivity index (χ0n) is 12.6. The highest BCUT2D eigenvalue weighted by atomic mass is 16.5. The van der Waals surface area contributed by atoms with E-state index in [4.69, 9.17) is 10.3 Å². The number of benzene rings is 1. The molecular weight excluding hydrogens is 280 g/mol. The van der Waals surface area contributed by atoms with Crippen molar-refractivity contribution < 1.29 is 9.32 Å². The maximum atomic E-state index is 12.6. The number of hydrogen-bond acceptors (Lipinski definition) is 5. The van der Waals surface area contributed by atoms with Crippen molar-refractivity contribution in [2.75, 3.05) is 0 Å². The van der Waals surface area contributed by atoms with Crippen LogP contribution < -0.4 is 11.1 Å². The van der Waals surface area contributed by atoms with Gasteiger partial charge in [0.15, 0.2) is 5.82 Å². The molecule has 1 fully saturated rings. The Bertz CT molecular complexity index is 657. The van der Waals surface area contributed by atoms with Crippen molar-refractivity contribution in [2.45, 2.75) is 44.7 Å². The lowest BCUT2D eigenvalue weighted by Crippen LogP contribution is -2.44. The second-order valence-corrected chi connectivity index (χ2v) is 5.78. The summed E-state index contributed by atoms with van der Waals surface area (Å²) in [5.41, 5.74) is 6.68. The van der Waals surface area contributed by atoms with Crippen LogP contribution in [0.1, 0.15) is 53.3 Å². The first kappa shape index (κ1) is 14.7. The molecule has 1 aromatic carbocycles. The first-order chi connectivity index (χ1) is 10.6. The molecular formula is C16H20N4O2. The number of amides is 1. The largest absolute Gasteiger partial charge is 0.340 e. The molecule has 1 aromatic heterocycles. The molecule has 116 valence electrons. The molecule has 6 heteroatoms. The van der Waals surface area contributed by atoms with Gasteiger partial charge in [-0.05, 0) is 30.5 Å². The van der Waals surface area contributed by atoms with E-state index in [1.807, 2.05) is 12.1 Å². The third kappa shape index (κ3) is 2.74. The van der Waals surface area contributed by atoms with Crippen molar-refractivity contribution in [3.05, 3.63) is 47.1 Å². The summed E-state index contributed by atoms with van der Waals surface area (Å²) < 4.78 is 5.09. The Hall–Kier alpha value is -2.21. The second kappa shape index (κ2) is 5.88. The predicted molar refractivity (Wildman–Crippen MR) is 81.0 cm³/mol. The molecule has 3 N–H and O–H groups in total. The number of nitrogens with two attached hydrogens (primary N) is 1. The van der Waals surface area contributed by atoms with Crippen LogP contribution >= 0.6 is 0 Å². The molecule has 0 radical (unpaired) electrons. The summed E-state index contributed by atoms with van der Waals surface area (Å²) in [6, 6.07) is 7.33. The van der Waals surface area contributed by atoms with Crippen molar-refractivity contribution in [1.29, 1.82) is 0 Å². The maximum Gasteiger partial charge on any atom is 0.252 e. The number of carbonyl (C=O) groups is 1. The number of hydrogen-bond donors (Lipinski definition) is 2. The zero-order chi connectivity index (χ0) is 15.6. The molecule has 1 amide bonds. The fourth-order valence-corrected chi connectivity index (χ4v) is 2.96. The Morgan fingerprint density at radius 2 is 2.00 bits per heavy atom. The number of nitrogens with one attached hydrogen (secondary N) is 1. The fraction of sp³-hybridized carbons (Fsp3) is 0.438. The van der Waals surface area contributed by atoms with Crippen molar-refractivity contribution in [3.8, 4) is 0 Å². The standard InChI is InChI=1S/C16H20N4O2/c1-11-18-15(20-22-11)16(8-2-3-9-16)19-14(21)13-6-4-12(10-17)5-7-13/h4-7H,2-3,8-10,17H2,1H3,(H,19,21). The summed E-state index contributed by atoms with van der Waals surface area (Å²) in [6.07, 6.45) is 3.75. The van der Waals surface area contributed by atoms with E-state index in [0.29, 0.717) is 23.8 Å². The lowest BCUT2D eigenvalue weighted by atomic mass is 9.95. The smallest absolute Gasteiger partial charge is 0.252 e. The topological polar surface area (TPSA) is 94.0 Å². The first-order valence-corrected chi connectivity index (χ1v) is 7.55. The van der Waals surface area contributed by atoms with Crippen molar-refractivity contribution in [3.63, 3.8) is 0 Å². The molecule has 0 saturated heterocycles. The van der Waals surface area contributed by atoms with Gasteiger partial charge in [0, 0.05) is 19.0 Å². The van der Waals surface area contributed by atoms with Crippen molar-refractivity contribution in [2.24, 2.45) is 5.73 Å². The highest BCUT2D eigenvalue weighted by Crippen LogP contribution is 2.37. The van der Waals surface area contributed by atoms with E-state index >= 15 is 0 Å². The summed E-state index contributed by atoms with van der Waals surface area (Å²) in [4.78, 5) is 16.9. The van der Waals surface area contributed by atoms with Crippen LogP contribution in [0.5, 0.6) is 0 Å². The SMILES string of the molecule is Cc1nc(C2(NC(=O)c3ccc(CN)cc3)CCCC2)no1. The Morgan fingerprint density at radius 1 is 1.32 bits per heavy atom. The minimum absolute atomic E-state index is 0.118. The summed E-state index contributed by atoms with van der Waals surface area (Å²) in [5.74, 6) is 0.977. The van der Waals surface area contributed by atoms with Crippen LogP contribution in [0.3, 0.4) is 0 Å². The number of aryl methyl sites for hydroxylation is 1. The van der Waals surface area contributed by atoms with Gasteiger partial charge in [-0.1, -0.05) is 30.1 Å². The molecule has 0 aliphatic heterocycles. The molecule has 0 spiro atoms. The van der Waals surface area contributed by atoms with Gasteiger partial charge in [0.2, 0.25) is 5.89 Å². The Morgan fingerprint density at radius 3 is 2.55 bits per heavy atom. The molecule has 1 saturated carbocycles. The Labute approximate surface area is 129 Å². The monoisotopic (exact) mass is 300 g/mol. The van der Waals surface area contributed by atoms with Gasteiger partial charge >= 0.3 is 0 Å². The molecule has 2 aromatic rings. The van der Waals surface area contributed by atoms with Gasteiger partial charge in [0.05, 0.1) is 0 Å². The van der Waals surface area contributed by atoms with Crippen molar-refractivity contribution >= 4 is 5.91 Å². The molecule has 0 bridgehead atoms. The van der Waals surface area contributed by atoms with E-state index in [1.165, 1.54) is 0 Å². The molecule has 3 rings (SSSR count). The maximum absolute atomic E-state index is 12.6. The summed E-state index contributed by atoms with van der Waals surface area (Å²) in [5, 5.41) is 7.15. The molecule has 0 unspecified atom stereocenters. The number of aromatic nitrogens is 2. The molecule has 1 aliphatic rings. The minimum atomic E-state index is -0.513. The quantitative estimate of drug-likeness (QED) is 0.901. The normalized spacial score (nSPS) is 16.6. The van der Waals surface area contributed by atoms with Crippen LogP contribution in [0.4, 0.5) is 0 Å². The number of carbonyl (C=O) groups excluding carboxylic acids is 1. The Kier molecular flexibility index (Phi) is 3.94. The molecule has 1 aliphatic carbocycles. The van der Waals surface area contributed by atoms with Crippen molar-refractivity contribution in [1.82, 2.24) is 15.5 Å². The predicted octanol–water partition coefficient (Wildman–Crippen LogP) is 2.04. The highest BCUT2D eigenvalue weighted by Gasteiger charge is 2.41. The van der Waals surface area contributed by atoms with E-state index in [0.717, 1.165) is 31.2 Å². The van der Waals surface area contributed by atoms with Gasteiger partial charge in [0.25, 0.3) is 5.91 Å². The lowest BCUT2D eigenvalue weighted by molar-refractivity contribution is 0.0892. The van der Waals surface area contributed by atoms with Crippen LogP contribution in [0.25, 0.3) is 0 Å². The second-order valence-electron chi connectivity index (χ2n) is 5.78. The van der Waals surface area contributed by atoms with Crippen LogP contribution in [0, 0.1) is 6.92 Å². The fourth-order valence-electron chi connectivity index (χ4n) is 2.96. The average Bonchev–Trinajstić information content (AvgIpc) is 3.17. The molecule has 0 atom stereocenters. The van der Waals surface area contributed by atoms with Crippen LogP contribution in [-0.4, -0.2) is 16.0 Å². The molecule has 22 heavy (non-hydrogen) atoms. The van der Waals surface area contributed by atoms with Crippen LogP contribution in [0.2, 0.25) is 0 Å². The molecule has 1 heterocycles. The van der Waals surface area contributed by atoms with E-state index in [1.54, 1.807) is 19.1 Å². The van der Waals surface area contributed by atoms with Gasteiger partial charge in [-0.15, -0.1) is 0 Å².